The van der Waals surface area contributed by atoms with E-state index in [-0.39, 0.29) is 0 Å². The second kappa shape index (κ2) is 1.75. The van der Waals surface area contributed by atoms with E-state index in [1.165, 1.54) is 0 Å². The third-order valence-corrected chi connectivity index (χ3v) is 0.757. The van der Waals surface area contributed by atoms with Gasteiger partial charge in [0.05, 0.1) is 0 Å². The maximum absolute atomic E-state index is 8.52. The summed E-state index contributed by atoms with van der Waals surface area (Å²) in [5.74, 6) is 0. The summed E-state index contributed by atoms with van der Waals surface area (Å²) in [6.45, 7) is 0.446. The first-order valence-electron chi connectivity index (χ1n) is 2.06. The number of aliphatic hydroxyl groups is 1. The van der Waals surface area contributed by atoms with Crippen LogP contribution in [0.1, 0.15) is 0 Å². The Morgan fingerprint density at radius 1 is 2.00 bits per heavy atom. The molecule has 0 aliphatic carbocycles. The van der Waals surface area contributed by atoms with E-state index >= 15 is 0 Å². The van der Waals surface area contributed by atoms with Crippen molar-refractivity contribution in [3.63, 3.8) is 0 Å². The maximum atomic E-state index is 8.52. The van der Waals surface area contributed by atoms with E-state index in [2.05, 4.69) is 10.2 Å². The van der Waals surface area contributed by atoms with Crippen LogP contribution in [0, 0.1) is 0 Å². The Balaban J connectivity index is 2.26. The molecule has 1 atom stereocenters. The predicted octanol–water partition coefficient (Wildman–Crippen LogP) is -1.31. The summed E-state index contributed by atoms with van der Waals surface area (Å²) in [5.41, 5.74) is 2.58. The summed E-state index contributed by atoms with van der Waals surface area (Å²) in [4.78, 5) is 0. The van der Waals surface area contributed by atoms with E-state index in [4.69, 9.17) is 5.11 Å². The summed E-state index contributed by atoms with van der Waals surface area (Å²) >= 11 is 0. The van der Waals surface area contributed by atoms with Crippen molar-refractivity contribution >= 4 is 0 Å². The van der Waals surface area contributed by atoms with Gasteiger partial charge in [0.1, 0.15) is 6.73 Å². The van der Waals surface area contributed by atoms with Gasteiger partial charge in [-0.2, -0.15) is 0 Å². The number of hydrogen-bond donors (Lipinski definition) is 2. The first-order valence-corrected chi connectivity index (χ1v) is 2.06. The average molecular weight is 104 g/mol. The van der Waals surface area contributed by atoms with Gasteiger partial charge in [-0.15, -0.1) is 0 Å². The minimum atomic E-state index is -0.801. The van der Waals surface area contributed by atoms with Crippen molar-refractivity contribution in [2.75, 3.05) is 13.8 Å². The number of aliphatic hydroxyl groups excluding tert-OH is 1. The van der Waals surface area contributed by atoms with Crippen molar-refractivity contribution in [1.29, 1.82) is 0 Å². The van der Waals surface area contributed by atoms with Crippen molar-refractivity contribution in [2.45, 2.75) is 6.41 Å². The van der Waals surface area contributed by atoms with E-state index < -0.39 is 6.41 Å². The Kier molecular flexibility index (Phi) is 1.25. The van der Waals surface area contributed by atoms with Gasteiger partial charge >= 0.3 is 0 Å². The molecule has 4 nitrogen and oxygen atoms in total. The fourth-order valence-corrected chi connectivity index (χ4v) is 0.445. The maximum Gasteiger partial charge on any atom is 0.227 e. The summed E-state index contributed by atoms with van der Waals surface area (Å²) in [6, 6.07) is 0. The molecule has 7 heavy (non-hydrogen) atoms. The van der Waals surface area contributed by atoms with E-state index in [1.807, 2.05) is 0 Å². The second-order valence-electron chi connectivity index (χ2n) is 1.48. The van der Waals surface area contributed by atoms with E-state index in [0.717, 1.165) is 0 Å². The number of ether oxygens (including phenoxy) is 1. The van der Waals surface area contributed by atoms with Crippen LogP contribution in [0.5, 0.6) is 0 Å². The Hall–Kier alpha value is -0.160. The largest absolute Gasteiger partial charge is 0.355 e. The SMILES string of the molecule is CN1COC(O)N1. The number of hydrazine groups is 1. The highest BCUT2D eigenvalue weighted by Gasteiger charge is 2.13. The molecule has 0 bridgehead atoms. The van der Waals surface area contributed by atoms with Crippen molar-refractivity contribution < 1.29 is 9.84 Å². The normalized spacial score (nSPS) is 34.3. The van der Waals surface area contributed by atoms with Crippen LogP contribution in [0.3, 0.4) is 0 Å². The molecule has 1 fully saturated rings. The summed E-state index contributed by atoms with van der Waals surface area (Å²) in [5, 5.41) is 10.2. The Labute approximate surface area is 41.7 Å². The van der Waals surface area contributed by atoms with Crippen LogP contribution in [0.4, 0.5) is 0 Å². The van der Waals surface area contributed by atoms with Gasteiger partial charge in [0.2, 0.25) is 6.41 Å². The van der Waals surface area contributed by atoms with Gasteiger partial charge < -0.3 is 9.84 Å². The lowest BCUT2D eigenvalue weighted by Crippen LogP contribution is -2.31. The predicted molar refractivity (Wildman–Crippen MR) is 22.9 cm³/mol. The van der Waals surface area contributed by atoms with Crippen LogP contribution in [0.2, 0.25) is 0 Å². The van der Waals surface area contributed by atoms with Crippen LogP contribution in [0.25, 0.3) is 0 Å². The van der Waals surface area contributed by atoms with Crippen LogP contribution >= 0.6 is 0 Å². The van der Waals surface area contributed by atoms with Gasteiger partial charge in [0, 0.05) is 7.05 Å². The smallest absolute Gasteiger partial charge is 0.227 e. The van der Waals surface area contributed by atoms with Crippen molar-refractivity contribution in [1.82, 2.24) is 10.4 Å². The molecular formula is C3H8N2O2. The minimum absolute atomic E-state index is 0.446. The molecule has 1 aliphatic rings. The highest BCUT2D eigenvalue weighted by atomic mass is 16.7. The van der Waals surface area contributed by atoms with Crippen molar-refractivity contribution in [3.05, 3.63) is 0 Å². The molecule has 0 spiro atoms. The zero-order valence-electron chi connectivity index (χ0n) is 4.09. The molecule has 0 amide bonds. The highest BCUT2D eigenvalue weighted by molar-refractivity contribution is 4.41. The Bertz CT molecular complexity index is 60.0. The summed E-state index contributed by atoms with van der Waals surface area (Å²) < 4.78 is 4.64. The summed E-state index contributed by atoms with van der Waals surface area (Å²) in [6.07, 6.45) is -0.801. The lowest BCUT2D eigenvalue weighted by Gasteiger charge is -2.02. The second-order valence-corrected chi connectivity index (χ2v) is 1.48. The molecule has 0 aromatic carbocycles. The van der Waals surface area contributed by atoms with E-state index in [0.29, 0.717) is 6.73 Å². The summed E-state index contributed by atoms with van der Waals surface area (Å²) in [7, 11) is 1.79. The molecule has 0 saturated carbocycles. The van der Waals surface area contributed by atoms with Gasteiger partial charge in [0.25, 0.3) is 0 Å². The lowest BCUT2D eigenvalue weighted by molar-refractivity contribution is -0.0719. The van der Waals surface area contributed by atoms with Crippen LogP contribution < -0.4 is 5.43 Å². The molecule has 1 unspecified atom stereocenters. The first kappa shape index (κ1) is 4.99. The van der Waals surface area contributed by atoms with E-state index in [9.17, 15) is 0 Å². The number of nitrogens with one attached hydrogen (secondary N) is 1. The number of nitrogens with zero attached hydrogens (tertiary/aromatic N) is 1. The molecule has 0 radical (unpaired) electrons. The molecule has 1 aliphatic heterocycles. The molecule has 4 heteroatoms. The number of hydrogen-bond acceptors (Lipinski definition) is 4. The first-order chi connectivity index (χ1) is 3.29. The van der Waals surface area contributed by atoms with Crippen LogP contribution in [-0.4, -0.2) is 30.3 Å². The average Bonchev–Trinajstić information content (AvgIpc) is 1.87. The van der Waals surface area contributed by atoms with Crippen LogP contribution in [-0.2, 0) is 4.74 Å². The molecule has 1 saturated heterocycles. The fraction of sp³-hybridized carbons (Fsp3) is 1.00. The lowest BCUT2D eigenvalue weighted by atomic mass is 11.1. The molecule has 0 aromatic heterocycles. The molecule has 1 rings (SSSR count). The zero-order chi connectivity index (χ0) is 5.28. The standard InChI is InChI=1S/C3H8N2O2/c1-5-2-7-3(6)4-5/h3-4,6H,2H2,1H3. The van der Waals surface area contributed by atoms with Gasteiger partial charge in [-0.25, -0.2) is 10.4 Å². The monoisotopic (exact) mass is 104 g/mol. The molecular weight excluding hydrogens is 96.0 g/mol. The van der Waals surface area contributed by atoms with Gasteiger partial charge in [-0.3, -0.25) is 0 Å². The fourth-order valence-electron chi connectivity index (χ4n) is 0.445. The van der Waals surface area contributed by atoms with Gasteiger partial charge in [-0.1, -0.05) is 0 Å². The third-order valence-electron chi connectivity index (χ3n) is 0.757. The van der Waals surface area contributed by atoms with Gasteiger partial charge in [0.15, 0.2) is 0 Å². The van der Waals surface area contributed by atoms with Crippen molar-refractivity contribution in [2.24, 2.45) is 0 Å². The Morgan fingerprint density at radius 2 is 2.71 bits per heavy atom. The minimum Gasteiger partial charge on any atom is -0.355 e. The quantitative estimate of drug-likeness (QED) is 0.400. The highest BCUT2D eigenvalue weighted by Crippen LogP contribution is 1.92. The van der Waals surface area contributed by atoms with Gasteiger partial charge in [-0.05, 0) is 0 Å². The van der Waals surface area contributed by atoms with E-state index in [1.54, 1.807) is 12.1 Å². The van der Waals surface area contributed by atoms with Crippen molar-refractivity contribution in [3.8, 4) is 0 Å². The Morgan fingerprint density at radius 3 is 2.86 bits per heavy atom. The molecule has 2 N–H and O–H groups in total. The molecule has 42 valence electrons. The third kappa shape index (κ3) is 1.10. The van der Waals surface area contributed by atoms with Crippen LogP contribution in [0.15, 0.2) is 0 Å². The zero-order valence-corrected chi connectivity index (χ0v) is 4.09. The molecule has 1 heterocycles. The molecule has 0 aromatic rings. The number of rotatable bonds is 0. The topological polar surface area (TPSA) is 44.7 Å².